The van der Waals surface area contributed by atoms with Gasteiger partial charge in [-0.1, -0.05) is 55.0 Å². The van der Waals surface area contributed by atoms with Gasteiger partial charge in [0.05, 0.1) is 6.54 Å². The maximum Gasteiger partial charge on any atom is 0.407 e. The molecule has 0 aromatic heterocycles. The number of aliphatic hydroxyl groups is 1. The summed E-state index contributed by atoms with van der Waals surface area (Å²) in [5.74, 6) is -2.09. The Hall–Kier alpha value is -3.39. The number of carbonyl (C=O) groups is 3. The van der Waals surface area contributed by atoms with Crippen molar-refractivity contribution in [3.8, 4) is 11.1 Å². The van der Waals surface area contributed by atoms with E-state index in [1.165, 1.54) is 0 Å². The molecule has 0 radical (unpaired) electrons. The fourth-order valence-electron chi connectivity index (χ4n) is 4.91. The van der Waals surface area contributed by atoms with Gasteiger partial charge in [0.25, 0.3) is 0 Å². The highest BCUT2D eigenvalue weighted by Gasteiger charge is 2.34. The number of ether oxygens (including phenoxy) is 1. The van der Waals surface area contributed by atoms with Crippen molar-refractivity contribution in [3.63, 3.8) is 0 Å². The van der Waals surface area contributed by atoms with Crippen LogP contribution in [0.3, 0.4) is 0 Å². The molecule has 1 saturated carbocycles. The monoisotopic (exact) mass is 452 g/mol. The van der Waals surface area contributed by atoms with Crippen LogP contribution in [0.4, 0.5) is 4.79 Å². The lowest BCUT2D eigenvalue weighted by Gasteiger charge is -2.20. The lowest BCUT2D eigenvalue weighted by molar-refractivity contribution is -0.146. The average Bonchev–Trinajstić information content (AvgIpc) is 3.42. The number of hydrogen-bond acceptors (Lipinski definition) is 5. The number of aliphatic hydroxyl groups excluding tert-OH is 1. The average molecular weight is 453 g/mol. The molecule has 8 nitrogen and oxygen atoms in total. The van der Waals surface area contributed by atoms with E-state index >= 15 is 0 Å². The lowest BCUT2D eigenvalue weighted by Crippen LogP contribution is -2.42. The lowest BCUT2D eigenvalue weighted by atomic mass is 9.95. The van der Waals surface area contributed by atoms with Crippen molar-refractivity contribution in [2.24, 2.45) is 11.8 Å². The summed E-state index contributed by atoms with van der Waals surface area (Å²) >= 11 is 0. The van der Waals surface area contributed by atoms with Crippen molar-refractivity contribution in [3.05, 3.63) is 59.7 Å². The molecular formula is C25H28N2O6. The van der Waals surface area contributed by atoms with Gasteiger partial charge in [-0.2, -0.15) is 0 Å². The second-order valence-corrected chi connectivity index (χ2v) is 8.60. The smallest absolute Gasteiger partial charge is 0.407 e. The van der Waals surface area contributed by atoms with Gasteiger partial charge >= 0.3 is 12.1 Å². The fraction of sp³-hybridized carbons (Fsp3) is 0.400. The summed E-state index contributed by atoms with van der Waals surface area (Å²) in [6.07, 6.45) is 0.128. The number of nitrogens with one attached hydrogen (secondary N) is 2. The molecule has 2 amide bonds. The third-order valence-electron chi connectivity index (χ3n) is 6.60. The first-order valence-electron chi connectivity index (χ1n) is 11.2. The third-order valence-corrected chi connectivity index (χ3v) is 6.60. The Kier molecular flexibility index (Phi) is 6.93. The Morgan fingerprint density at radius 1 is 0.970 bits per heavy atom. The number of amides is 2. The van der Waals surface area contributed by atoms with Gasteiger partial charge in [0.1, 0.15) is 6.61 Å². The summed E-state index contributed by atoms with van der Waals surface area (Å²) in [6.45, 7) is 0.189. The van der Waals surface area contributed by atoms with E-state index in [0.29, 0.717) is 13.0 Å². The van der Waals surface area contributed by atoms with Crippen LogP contribution in [-0.4, -0.2) is 54.0 Å². The molecule has 0 aliphatic heterocycles. The Balaban J connectivity index is 1.28. The van der Waals surface area contributed by atoms with Gasteiger partial charge in [-0.15, -0.1) is 0 Å². The van der Waals surface area contributed by atoms with Crippen LogP contribution >= 0.6 is 0 Å². The van der Waals surface area contributed by atoms with E-state index in [1.807, 2.05) is 24.3 Å². The maximum absolute atomic E-state index is 12.4. The minimum absolute atomic E-state index is 0.0196. The molecule has 2 unspecified atom stereocenters. The van der Waals surface area contributed by atoms with Crippen LogP contribution in [0.5, 0.6) is 0 Å². The highest BCUT2D eigenvalue weighted by molar-refractivity contribution is 5.81. The first-order chi connectivity index (χ1) is 16.0. The predicted octanol–water partition coefficient (Wildman–Crippen LogP) is 2.50. The Bertz CT molecular complexity index is 994. The van der Waals surface area contributed by atoms with Crippen LogP contribution in [0.15, 0.2) is 48.5 Å². The standard InChI is InChI=1S/C25H28N2O6/c28-22(24(30)31)13-26-23(29)16-11-5-6-15(16)12-27-25(32)33-14-21-19-9-3-1-7-17(19)18-8-2-4-10-20(18)21/h1-4,7-10,15-16,21-22,28H,5-6,11-14H2,(H,26,29)(H,27,32)(H,30,31)/t15?,16?,22-/m0/s1. The topological polar surface area (TPSA) is 125 Å². The molecule has 4 rings (SSSR count). The molecule has 2 aromatic rings. The number of hydrogen-bond donors (Lipinski definition) is 4. The first-order valence-corrected chi connectivity index (χ1v) is 11.2. The molecule has 0 heterocycles. The molecule has 2 aliphatic rings. The molecule has 33 heavy (non-hydrogen) atoms. The molecule has 2 aliphatic carbocycles. The molecule has 0 bridgehead atoms. The number of rotatable bonds is 8. The van der Waals surface area contributed by atoms with E-state index < -0.39 is 18.2 Å². The number of benzene rings is 2. The third kappa shape index (κ3) is 5.01. The second-order valence-electron chi connectivity index (χ2n) is 8.60. The molecule has 0 saturated heterocycles. The molecule has 8 heteroatoms. The molecular weight excluding hydrogens is 424 g/mol. The van der Waals surface area contributed by atoms with Crippen LogP contribution in [0.2, 0.25) is 0 Å². The van der Waals surface area contributed by atoms with Crippen molar-refractivity contribution in [1.82, 2.24) is 10.6 Å². The molecule has 4 N–H and O–H groups in total. The van der Waals surface area contributed by atoms with Crippen LogP contribution in [0.25, 0.3) is 11.1 Å². The van der Waals surface area contributed by atoms with Crippen LogP contribution in [0, 0.1) is 11.8 Å². The van der Waals surface area contributed by atoms with Gasteiger partial charge in [0.2, 0.25) is 5.91 Å². The summed E-state index contributed by atoms with van der Waals surface area (Å²) in [7, 11) is 0. The summed E-state index contributed by atoms with van der Waals surface area (Å²) in [5, 5.41) is 23.3. The van der Waals surface area contributed by atoms with Crippen molar-refractivity contribution in [1.29, 1.82) is 0 Å². The number of carbonyl (C=O) groups excluding carboxylic acids is 2. The number of carboxylic acid groups (broad SMARTS) is 1. The first kappa shape index (κ1) is 22.8. The van der Waals surface area contributed by atoms with Gasteiger partial charge < -0.3 is 25.6 Å². The number of aliphatic carboxylic acids is 1. The van der Waals surface area contributed by atoms with Gasteiger partial charge in [0.15, 0.2) is 6.10 Å². The SMILES string of the molecule is O=C(NCC1CCCC1C(=O)NC[C@H](O)C(=O)O)OCC1c2ccccc2-c2ccccc21. The summed E-state index contributed by atoms with van der Waals surface area (Å²) < 4.78 is 5.55. The Labute approximate surface area is 192 Å². The summed E-state index contributed by atoms with van der Waals surface area (Å²) in [5.41, 5.74) is 4.61. The maximum atomic E-state index is 12.4. The number of fused-ring (bicyclic) bond motifs is 3. The highest BCUT2D eigenvalue weighted by Crippen LogP contribution is 2.44. The van der Waals surface area contributed by atoms with Crippen molar-refractivity contribution in [2.45, 2.75) is 31.3 Å². The van der Waals surface area contributed by atoms with E-state index in [-0.39, 0.29) is 36.8 Å². The van der Waals surface area contributed by atoms with E-state index in [4.69, 9.17) is 9.84 Å². The molecule has 2 aromatic carbocycles. The quantitative estimate of drug-likeness (QED) is 0.488. The zero-order valence-corrected chi connectivity index (χ0v) is 18.2. The summed E-state index contributed by atoms with van der Waals surface area (Å²) in [6, 6.07) is 16.2. The molecule has 174 valence electrons. The van der Waals surface area contributed by atoms with Crippen molar-refractivity contribution < 1.29 is 29.3 Å². The summed E-state index contributed by atoms with van der Waals surface area (Å²) in [4.78, 5) is 35.5. The van der Waals surface area contributed by atoms with Crippen molar-refractivity contribution in [2.75, 3.05) is 19.7 Å². The highest BCUT2D eigenvalue weighted by atomic mass is 16.5. The fourth-order valence-corrected chi connectivity index (χ4v) is 4.91. The van der Waals surface area contributed by atoms with Crippen molar-refractivity contribution >= 4 is 18.0 Å². The zero-order valence-electron chi connectivity index (χ0n) is 18.2. The van der Waals surface area contributed by atoms with Crippen LogP contribution in [0.1, 0.15) is 36.3 Å². The molecule has 3 atom stereocenters. The number of alkyl carbamates (subject to hydrolysis) is 1. The van der Waals surface area contributed by atoms with Gasteiger partial charge in [-0.05, 0) is 41.0 Å². The number of carboxylic acids is 1. The van der Waals surface area contributed by atoms with Crippen LogP contribution < -0.4 is 10.6 Å². The van der Waals surface area contributed by atoms with E-state index in [9.17, 15) is 19.5 Å². The van der Waals surface area contributed by atoms with Gasteiger partial charge in [0, 0.05) is 18.4 Å². The minimum atomic E-state index is -1.63. The largest absolute Gasteiger partial charge is 0.479 e. The van der Waals surface area contributed by atoms with Gasteiger partial charge in [-0.3, -0.25) is 4.79 Å². The predicted molar refractivity (Wildman–Crippen MR) is 121 cm³/mol. The van der Waals surface area contributed by atoms with Crippen LogP contribution in [-0.2, 0) is 14.3 Å². The zero-order chi connectivity index (χ0) is 23.4. The Morgan fingerprint density at radius 3 is 2.24 bits per heavy atom. The minimum Gasteiger partial charge on any atom is -0.479 e. The Morgan fingerprint density at radius 2 is 1.61 bits per heavy atom. The van der Waals surface area contributed by atoms with E-state index in [0.717, 1.165) is 35.1 Å². The molecule has 1 fully saturated rings. The normalized spacial score (nSPS) is 19.9. The molecule has 0 spiro atoms. The second kappa shape index (κ2) is 10.0. The van der Waals surface area contributed by atoms with E-state index in [1.54, 1.807) is 0 Å². The van der Waals surface area contributed by atoms with Gasteiger partial charge in [-0.25, -0.2) is 9.59 Å². The van der Waals surface area contributed by atoms with E-state index in [2.05, 4.69) is 34.9 Å².